The fourth-order valence-corrected chi connectivity index (χ4v) is 3.14. The molecule has 1 fully saturated rings. The van der Waals surface area contributed by atoms with E-state index < -0.39 is 23.5 Å². The van der Waals surface area contributed by atoms with Crippen LogP contribution in [-0.4, -0.2) is 49.6 Å². The third-order valence-electron chi connectivity index (χ3n) is 4.65. The number of aliphatic hydroxyl groups excluding tert-OH is 1. The van der Waals surface area contributed by atoms with Gasteiger partial charge in [-0.1, -0.05) is 30.3 Å². The van der Waals surface area contributed by atoms with Crippen molar-refractivity contribution in [2.24, 2.45) is 0 Å². The number of aliphatic carboxylic acids is 1. The maximum absolute atomic E-state index is 12.5. The van der Waals surface area contributed by atoms with E-state index in [0.29, 0.717) is 5.56 Å². The van der Waals surface area contributed by atoms with Crippen LogP contribution in [0, 0.1) is 0 Å². The molecule has 0 unspecified atom stereocenters. The Morgan fingerprint density at radius 3 is 2.38 bits per heavy atom. The Bertz CT molecular complexity index is 707. The summed E-state index contributed by atoms with van der Waals surface area (Å²) in [7, 11) is 0. The van der Waals surface area contributed by atoms with E-state index in [1.54, 1.807) is 41.2 Å². The number of benzene rings is 1. The van der Waals surface area contributed by atoms with Crippen LogP contribution < -0.4 is 0 Å². The van der Waals surface area contributed by atoms with Crippen molar-refractivity contribution in [1.29, 1.82) is 0 Å². The molecule has 0 saturated carbocycles. The number of piperidine rings is 1. The summed E-state index contributed by atoms with van der Waals surface area (Å²) in [6.07, 6.45) is 3.98. The Hall–Kier alpha value is -2.67. The minimum Gasteiger partial charge on any atom is -0.479 e. The SMILES string of the molecule is O=C([C@@H](O)c1ccccc1)N1CCC(C(=O)O)(n2ccnc2)CC1. The first-order valence-electron chi connectivity index (χ1n) is 7.78. The Kier molecular flexibility index (Phi) is 4.35. The summed E-state index contributed by atoms with van der Waals surface area (Å²) in [6.45, 7) is 0.542. The van der Waals surface area contributed by atoms with Crippen LogP contribution in [0.4, 0.5) is 0 Å². The standard InChI is InChI=1S/C17H19N3O4/c21-14(13-4-2-1-3-5-13)15(22)19-9-6-17(7-10-19,16(23)24)20-11-8-18-12-20/h1-5,8,11-12,14,21H,6-7,9-10H2,(H,23,24)/t14-/m0/s1. The highest BCUT2D eigenvalue weighted by Gasteiger charge is 2.44. The zero-order valence-electron chi connectivity index (χ0n) is 13.1. The first-order valence-corrected chi connectivity index (χ1v) is 7.78. The lowest BCUT2D eigenvalue weighted by atomic mass is 9.87. The van der Waals surface area contributed by atoms with Crippen LogP contribution >= 0.6 is 0 Å². The molecule has 1 aliphatic heterocycles. The molecule has 7 nitrogen and oxygen atoms in total. The van der Waals surface area contributed by atoms with Crippen LogP contribution in [0.5, 0.6) is 0 Å². The van der Waals surface area contributed by atoms with E-state index in [1.165, 1.54) is 11.2 Å². The maximum Gasteiger partial charge on any atom is 0.330 e. The number of amides is 1. The number of hydrogen-bond donors (Lipinski definition) is 2. The quantitative estimate of drug-likeness (QED) is 0.873. The first-order chi connectivity index (χ1) is 11.5. The molecule has 1 aromatic carbocycles. The van der Waals surface area contributed by atoms with Crippen LogP contribution in [0.3, 0.4) is 0 Å². The highest BCUT2D eigenvalue weighted by atomic mass is 16.4. The van der Waals surface area contributed by atoms with Crippen molar-refractivity contribution < 1.29 is 19.8 Å². The fourth-order valence-electron chi connectivity index (χ4n) is 3.14. The minimum atomic E-state index is -1.23. The number of imidazole rings is 1. The molecule has 2 heterocycles. The summed E-state index contributed by atoms with van der Waals surface area (Å²) >= 11 is 0. The van der Waals surface area contributed by atoms with Crippen molar-refractivity contribution in [1.82, 2.24) is 14.5 Å². The predicted octanol–water partition coefficient (Wildman–Crippen LogP) is 1.02. The van der Waals surface area contributed by atoms with Crippen molar-refractivity contribution in [2.45, 2.75) is 24.5 Å². The maximum atomic E-state index is 12.5. The summed E-state index contributed by atoms with van der Waals surface area (Å²) in [4.78, 5) is 29.7. The number of carbonyl (C=O) groups excluding carboxylic acids is 1. The number of hydrogen-bond acceptors (Lipinski definition) is 4. The topological polar surface area (TPSA) is 95.7 Å². The number of carboxylic acids is 1. The number of rotatable bonds is 4. The van der Waals surface area contributed by atoms with E-state index >= 15 is 0 Å². The monoisotopic (exact) mass is 329 g/mol. The lowest BCUT2D eigenvalue weighted by Crippen LogP contribution is -2.52. The highest BCUT2D eigenvalue weighted by Crippen LogP contribution is 2.31. The Balaban J connectivity index is 1.72. The number of aliphatic hydroxyl groups is 1. The third-order valence-corrected chi connectivity index (χ3v) is 4.65. The van der Waals surface area contributed by atoms with Crippen LogP contribution in [0.2, 0.25) is 0 Å². The number of likely N-dealkylation sites (tertiary alicyclic amines) is 1. The molecule has 1 aliphatic rings. The molecule has 2 N–H and O–H groups in total. The number of carbonyl (C=O) groups is 2. The molecule has 3 rings (SSSR count). The van der Waals surface area contributed by atoms with Gasteiger partial charge in [0.25, 0.3) is 5.91 Å². The Labute approximate surface area is 139 Å². The molecule has 1 atom stereocenters. The summed E-state index contributed by atoms with van der Waals surface area (Å²) in [5.41, 5.74) is -0.558. The molecule has 0 aliphatic carbocycles. The number of aromatic nitrogens is 2. The molecule has 0 radical (unpaired) electrons. The summed E-state index contributed by atoms with van der Waals surface area (Å²) in [6, 6.07) is 8.72. The highest BCUT2D eigenvalue weighted by molar-refractivity contribution is 5.83. The van der Waals surface area contributed by atoms with E-state index in [2.05, 4.69) is 4.98 Å². The smallest absolute Gasteiger partial charge is 0.330 e. The van der Waals surface area contributed by atoms with Crippen molar-refractivity contribution in [3.05, 3.63) is 54.6 Å². The van der Waals surface area contributed by atoms with Gasteiger partial charge in [-0.2, -0.15) is 0 Å². The minimum absolute atomic E-state index is 0.270. The molecular weight excluding hydrogens is 310 g/mol. The van der Waals surface area contributed by atoms with Gasteiger partial charge in [0.15, 0.2) is 6.10 Å². The lowest BCUT2D eigenvalue weighted by molar-refractivity contribution is -0.154. The Morgan fingerprint density at radius 1 is 1.17 bits per heavy atom. The van der Waals surface area contributed by atoms with Gasteiger partial charge in [-0.15, -0.1) is 0 Å². The molecule has 1 aromatic heterocycles. The molecule has 7 heteroatoms. The van der Waals surface area contributed by atoms with Crippen LogP contribution in [0.25, 0.3) is 0 Å². The van der Waals surface area contributed by atoms with E-state index in [4.69, 9.17) is 0 Å². The molecule has 2 aromatic rings. The molecule has 126 valence electrons. The van der Waals surface area contributed by atoms with Crippen molar-refractivity contribution in [3.63, 3.8) is 0 Å². The zero-order chi connectivity index (χ0) is 17.2. The van der Waals surface area contributed by atoms with E-state index in [9.17, 15) is 19.8 Å². The van der Waals surface area contributed by atoms with Gasteiger partial charge in [-0.25, -0.2) is 9.78 Å². The van der Waals surface area contributed by atoms with Gasteiger partial charge in [0.1, 0.15) is 5.54 Å². The zero-order valence-corrected chi connectivity index (χ0v) is 13.1. The van der Waals surface area contributed by atoms with Crippen LogP contribution in [0.1, 0.15) is 24.5 Å². The molecule has 24 heavy (non-hydrogen) atoms. The van der Waals surface area contributed by atoms with Gasteiger partial charge in [0, 0.05) is 25.5 Å². The predicted molar refractivity (Wildman–Crippen MR) is 85.1 cm³/mol. The van der Waals surface area contributed by atoms with E-state index in [-0.39, 0.29) is 25.9 Å². The fraction of sp³-hybridized carbons (Fsp3) is 0.353. The molecule has 1 saturated heterocycles. The first kappa shape index (κ1) is 16.2. The van der Waals surface area contributed by atoms with E-state index in [0.717, 1.165) is 0 Å². The molecule has 0 spiro atoms. The second-order valence-electron chi connectivity index (χ2n) is 5.95. The largest absolute Gasteiger partial charge is 0.479 e. The van der Waals surface area contributed by atoms with Gasteiger partial charge in [-0.05, 0) is 18.4 Å². The molecular formula is C17H19N3O4. The van der Waals surface area contributed by atoms with Crippen LogP contribution in [-0.2, 0) is 15.1 Å². The second-order valence-corrected chi connectivity index (χ2v) is 5.95. The van der Waals surface area contributed by atoms with Gasteiger partial charge >= 0.3 is 5.97 Å². The van der Waals surface area contributed by atoms with Crippen LogP contribution in [0.15, 0.2) is 49.1 Å². The average Bonchev–Trinajstić information content (AvgIpc) is 3.16. The summed E-state index contributed by atoms with van der Waals surface area (Å²) < 4.78 is 1.59. The number of nitrogens with zero attached hydrogens (tertiary/aromatic N) is 3. The summed E-state index contributed by atoms with van der Waals surface area (Å²) in [5.74, 6) is -1.33. The second kappa shape index (κ2) is 6.45. The average molecular weight is 329 g/mol. The summed E-state index contributed by atoms with van der Waals surface area (Å²) in [5, 5.41) is 19.9. The Morgan fingerprint density at radius 2 is 1.83 bits per heavy atom. The van der Waals surface area contributed by atoms with Gasteiger partial charge in [-0.3, -0.25) is 4.79 Å². The number of carboxylic acid groups (broad SMARTS) is 1. The molecule has 1 amide bonds. The van der Waals surface area contributed by atoms with Gasteiger partial charge in [0.2, 0.25) is 0 Å². The normalized spacial score (nSPS) is 18.1. The van der Waals surface area contributed by atoms with E-state index in [1.807, 2.05) is 6.07 Å². The molecule has 0 bridgehead atoms. The van der Waals surface area contributed by atoms with Gasteiger partial charge in [0.05, 0.1) is 6.33 Å². The van der Waals surface area contributed by atoms with Crippen molar-refractivity contribution >= 4 is 11.9 Å². The third kappa shape index (κ3) is 2.78. The van der Waals surface area contributed by atoms with Crippen molar-refractivity contribution in [2.75, 3.05) is 13.1 Å². The van der Waals surface area contributed by atoms with Gasteiger partial charge < -0.3 is 19.7 Å². The lowest BCUT2D eigenvalue weighted by Gasteiger charge is -2.40. The van der Waals surface area contributed by atoms with Crippen molar-refractivity contribution in [3.8, 4) is 0 Å².